The third kappa shape index (κ3) is 3.35. The van der Waals surface area contributed by atoms with Crippen molar-refractivity contribution in [2.45, 2.75) is 45.6 Å². The van der Waals surface area contributed by atoms with Gasteiger partial charge >= 0.3 is 0 Å². The molecule has 0 spiro atoms. The highest BCUT2D eigenvalue weighted by Gasteiger charge is 2.38. The second-order valence-electron chi connectivity index (χ2n) is 7.13. The molecule has 28 heavy (non-hydrogen) atoms. The Morgan fingerprint density at radius 1 is 1.32 bits per heavy atom. The predicted molar refractivity (Wildman–Crippen MR) is 118 cm³/mol. The summed E-state index contributed by atoms with van der Waals surface area (Å²) in [5.41, 5.74) is 1.72. The van der Waals surface area contributed by atoms with Crippen molar-refractivity contribution in [3.05, 3.63) is 44.7 Å². The Morgan fingerprint density at radius 3 is 2.79 bits per heavy atom. The van der Waals surface area contributed by atoms with Crippen molar-refractivity contribution < 1.29 is 4.79 Å². The molecule has 0 atom stereocenters. The average Bonchev–Trinajstić information content (AvgIpc) is 3.27. The van der Waals surface area contributed by atoms with Gasteiger partial charge in [-0.1, -0.05) is 42.9 Å². The molecule has 1 aliphatic heterocycles. The number of nitrogens with zero attached hydrogens (tertiary/aromatic N) is 3. The number of aromatic nitrogens is 2. The van der Waals surface area contributed by atoms with Gasteiger partial charge in [0.15, 0.2) is 0 Å². The Morgan fingerprint density at radius 2 is 2.07 bits per heavy atom. The van der Waals surface area contributed by atoms with Gasteiger partial charge in [-0.25, -0.2) is 4.98 Å². The van der Waals surface area contributed by atoms with Crippen LogP contribution in [0.1, 0.15) is 43.7 Å². The lowest BCUT2D eigenvalue weighted by molar-refractivity contribution is -0.123. The zero-order valence-corrected chi connectivity index (χ0v) is 17.5. The Balaban J connectivity index is 1.81. The van der Waals surface area contributed by atoms with Gasteiger partial charge in [-0.3, -0.25) is 18.9 Å². The minimum atomic E-state index is -0.198. The molecule has 2 fully saturated rings. The number of carbonyl (C=O) groups excluding carboxylic acids is 1. The van der Waals surface area contributed by atoms with Gasteiger partial charge in [0.25, 0.3) is 11.5 Å². The second kappa shape index (κ2) is 7.67. The molecule has 0 radical (unpaired) electrons. The molecule has 1 aliphatic carbocycles. The number of hydrogen-bond donors (Lipinski definition) is 1. The lowest BCUT2D eigenvalue weighted by Crippen LogP contribution is -2.36. The number of thiocarbonyl (C=S) groups is 1. The zero-order chi connectivity index (χ0) is 19.8. The maximum Gasteiger partial charge on any atom is 0.267 e. The quantitative estimate of drug-likeness (QED) is 0.609. The van der Waals surface area contributed by atoms with Crippen molar-refractivity contribution in [1.82, 2.24) is 14.3 Å². The highest BCUT2D eigenvalue weighted by molar-refractivity contribution is 8.26. The van der Waals surface area contributed by atoms with E-state index in [1.165, 1.54) is 16.2 Å². The van der Waals surface area contributed by atoms with Gasteiger partial charge < -0.3 is 5.32 Å². The molecule has 4 rings (SSSR count). The summed E-state index contributed by atoms with van der Waals surface area (Å²) in [5.74, 6) is 0.389. The summed E-state index contributed by atoms with van der Waals surface area (Å²) < 4.78 is 2.11. The van der Waals surface area contributed by atoms with Gasteiger partial charge in [-0.15, -0.1) is 0 Å². The molecule has 2 aromatic heterocycles. The van der Waals surface area contributed by atoms with Gasteiger partial charge in [-0.05, 0) is 44.4 Å². The van der Waals surface area contributed by atoms with Crippen LogP contribution in [-0.2, 0) is 4.79 Å². The number of aryl methyl sites for hydroxylation is 1. The lowest BCUT2D eigenvalue weighted by atomic mass is 10.2. The number of pyridine rings is 1. The summed E-state index contributed by atoms with van der Waals surface area (Å²) in [4.78, 5) is 33.0. The van der Waals surface area contributed by atoms with Crippen LogP contribution in [-0.4, -0.2) is 37.1 Å². The van der Waals surface area contributed by atoms with Crippen LogP contribution in [0.5, 0.6) is 0 Å². The maximum atomic E-state index is 13.2. The number of anilines is 1. The highest BCUT2D eigenvalue weighted by Crippen LogP contribution is 2.38. The van der Waals surface area contributed by atoms with Crippen molar-refractivity contribution in [2.24, 2.45) is 0 Å². The van der Waals surface area contributed by atoms with E-state index in [1.54, 1.807) is 17.2 Å². The SMILES string of the molecule is CCNc1nc2ccc(C)cn2c(=O)c1/C=C1/SC(=S)N(C2CCCC2)C1=O. The van der Waals surface area contributed by atoms with E-state index in [0.717, 1.165) is 31.2 Å². The largest absolute Gasteiger partial charge is 0.370 e. The van der Waals surface area contributed by atoms with E-state index in [-0.39, 0.29) is 17.5 Å². The summed E-state index contributed by atoms with van der Waals surface area (Å²) >= 11 is 6.74. The zero-order valence-electron chi connectivity index (χ0n) is 15.9. The predicted octanol–water partition coefficient (Wildman–Crippen LogP) is 3.58. The molecule has 2 aromatic rings. The number of hydrogen-bond acceptors (Lipinski definition) is 6. The van der Waals surface area contributed by atoms with Gasteiger partial charge in [-0.2, -0.15) is 0 Å². The van der Waals surface area contributed by atoms with Crippen LogP contribution in [0.15, 0.2) is 28.0 Å². The van der Waals surface area contributed by atoms with Crippen LogP contribution in [0.2, 0.25) is 0 Å². The Labute approximate surface area is 173 Å². The minimum absolute atomic E-state index is 0.0990. The number of amides is 1. The van der Waals surface area contributed by atoms with E-state index in [1.807, 2.05) is 26.0 Å². The number of nitrogens with one attached hydrogen (secondary N) is 1. The van der Waals surface area contributed by atoms with Crippen LogP contribution in [0.25, 0.3) is 11.7 Å². The maximum absolute atomic E-state index is 13.2. The smallest absolute Gasteiger partial charge is 0.267 e. The number of rotatable bonds is 4. The molecule has 1 saturated carbocycles. The summed E-state index contributed by atoms with van der Waals surface area (Å²) in [5, 5.41) is 3.15. The first-order valence-corrected chi connectivity index (χ1v) is 10.8. The minimum Gasteiger partial charge on any atom is -0.370 e. The molecule has 1 amide bonds. The third-order valence-corrected chi connectivity index (χ3v) is 6.47. The molecule has 0 unspecified atom stereocenters. The molecule has 0 bridgehead atoms. The topological polar surface area (TPSA) is 66.7 Å². The van der Waals surface area contributed by atoms with E-state index >= 15 is 0 Å². The monoisotopic (exact) mass is 414 g/mol. The fraction of sp³-hybridized carbons (Fsp3) is 0.400. The molecular weight excluding hydrogens is 392 g/mol. The normalized spacial score (nSPS) is 19.4. The van der Waals surface area contributed by atoms with Crippen LogP contribution in [0.4, 0.5) is 5.82 Å². The fourth-order valence-corrected chi connectivity index (χ4v) is 5.16. The number of fused-ring (bicyclic) bond motifs is 1. The first-order valence-electron chi connectivity index (χ1n) is 9.53. The van der Waals surface area contributed by atoms with Gasteiger partial charge in [0.1, 0.15) is 15.8 Å². The molecule has 0 aromatic carbocycles. The van der Waals surface area contributed by atoms with Gasteiger partial charge in [0.05, 0.1) is 10.5 Å². The first-order chi connectivity index (χ1) is 13.5. The summed E-state index contributed by atoms with van der Waals surface area (Å²) in [6, 6.07) is 3.93. The molecule has 6 nitrogen and oxygen atoms in total. The van der Waals surface area contributed by atoms with Crippen molar-refractivity contribution in [3.8, 4) is 0 Å². The highest BCUT2D eigenvalue weighted by atomic mass is 32.2. The molecule has 1 N–H and O–H groups in total. The van der Waals surface area contributed by atoms with E-state index in [0.29, 0.717) is 32.8 Å². The lowest BCUT2D eigenvalue weighted by Gasteiger charge is -2.21. The van der Waals surface area contributed by atoms with Crippen molar-refractivity contribution in [2.75, 3.05) is 11.9 Å². The van der Waals surface area contributed by atoms with Gasteiger partial charge in [0.2, 0.25) is 0 Å². The summed E-state index contributed by atoms with van der Waals surface area (Å²) in [6.07, 6.45) is 7.64. The molecule has 8 heteroatoms. The van der Waals surface area contributed by atoms with Gasteiger partial charge in [0, 0.05) is 18.8 Å². The molecular formula is C20H22N4O2S2. The Kier molecular flexibility index (Phi) is 5.25. The van der Waals surface area contributed by atoms with Crippen LogP contribution in [0.3, 0.4) is 0 Å². The second-order valence-corrected chi connectivity index (χ2v) is 8.81. The van der Waals surface area contributed by atoms with Crippen molar-refractivity contribution >= 4 is 51.7 Å². The molecule has 2 aliphatic rings. The van der Waals surface area contributed by atoms with E-state index in [9.17, 15) is 9.59 Å². The fourth-order valence-electron chi connectivity index (χ4n) is 3.78. The third-order valence-electron chi connectivity index (χ3n) is 5.14. The van der Waals surface area contributed by atoms with Crippen molar-refractivity contribution in [3.63, 3.8) is 0 Å². The molecule has 146 valence electrons. The Bertz CT molecular complexity index is 1050. The first kappa shape index (κ1) is 19.1. The number of thioether (sulfide) groups is 1. The summed E-state index contributed by atoms with van der Waals surface area (Å²) in [7, 11) is 0. The van der Waals surface area contributed by atoms with E-state index < -0.39 is 0 Å². The standard InChI is InChI=1S/C20H22N4O2S2/c1-3-21-17-14(18(25)23-11-12(2)8-9-16(23)22-17)10-15-19(26)24(20(27)28-15)13-6-4-5-7-13/h8-11,13,21H,3-7H2,1-2H3/b15-10+. The summed E-state index contributed by atoms with van der Waals surface area (Å²) in [6.45, 7) is 4.50. The van der Waals surface area contributed by atoms with E-state index in [2.05, 4.69) is 10.3 Å². The average molecular weight is 415 g/mol. The van der Waals surface area contributed by atoms with E-state index in [4.69, 9.17) is 12.2 Å². The van der Waals surface area contributed by atoms with Crippen LogP contribution in [0, 0.1) is 6.92 Å². The molecule has 1 saturated heterocycles. The molecule has 3 heterocycles. The van der Waals surface area contributed by atoms with Crippen molar-refractivity contribution in [1.29, 1.82) is 0 Å². The number of carbonyl (C=O) groups is 1. The Hall–Kier alpha value is -2.19. The van der Waals surface area contributed by atoms with Crippen LogP contribution >= 0.6 is 24.0 Å². The van der Waals surface area contributed by atoms with Crippen LogP contribution < -0.4 is 10.9 Å².